The number of esters is 1. The zero-order chi connectivity index (χ0) is 22.7. The van der Waals surface area contributed by atoms with Crippen LogP contribution in [0.2, 0.25) is 0 Å². The van der Waals surface area contributed by atoms with Crippen molar-refractivity contribution in [3.8, 4) is 0 Å². The van der Waals surface area contributed by atoms with E-state index in [4.69, 9.17) is 4.74 Å². The molecule has 0 aromatic heterocycles. The smallest absolute Gasteiger partial charge is 0.337 e. The molecule has 2 aliphatic heterocycles. The molecule has 6 aliphatic rings. The number of piperazine rings is 1. The quantitative estimate of drug-likeness (QED) is 0.518. The SMILES string of the molecule is COC(=O)c1ccc(N2C(=O)CC(N3CCN(C45CC6CC(CC(C6)C4)C5)CC3)C2=O)cc1. The number of hydrogen-bond donors (Lipinski definition) is 0. The molecule has 0 spiro atoms. The lowest BCUT2D eigenvalue weighted by atomic mass is 9.52. The first-order valence-electron chi connectivity index (χ1n) is 12.5. The van der Waals surface area contributed by atoms with Crippen LogP contribution in [0.15, 0.2) is 24.3 Å². The average Bonchev–Trinajstić information content (AvgIpc) is 3.11. The summed E-state index contributed by atoms with van der Waals surface area (Å²) in [5, 5.41) is 0. The van der Waals surface area contributed by atoms with E-state index in [1.165, 1.54) is 50.5 Å². The van der Waals surface area contributed by atoms with Crippen molar-refractivity contribution in [1.29, 1.82) is 0 Å². The number of amides is 2. The van der Waals surface area contributed by atoms with E-state index in [0.717, 1.165) is 43.9 Å². The summed E-state index contributed by atoms with van der Waals surface area (Å²) in [6.07, 6.45) is 8.70. The van der Waals surface area contributed by atoms with Crippen LogP contribution in [-0.2, 0) is 14.3 Å². The van der Waals surface area contributed by atoms with Gasteiger partial charge in [-0.05, 0) is 80.5 Å². The Bertz CT molecular complexity index is 931. The number of carbonyl (C=O) groups excluding carboxylic acids is 3. The van der Waals surface area contributed by atoms with Crippen LogP contribution in [0.5, 0.6) is 0 Å². The molecule has 1 atom stereocenters. The summed E-state index contributed by atoms with van der Waals surface area (Å²) < 4.78 is 4.73. The van der Waals surface area contributed by atoms with E-state index in [0.29, 0.717) is 16.8 Å². The molecule has 0 N–H and O–H groups in total. The molecule has 4 saturated carbocycles. The number of methoxy groups -OCH3 is 1. The van der Waals surface area contributed by atoms with Crippen molar-refractivity contribution in [3.63, 3.8) is 0 Å². The largest absolute Gasteiger partial charge is 0.465 e. The zero-order valence-corrected chi connectivity index (χ0v) is 19.4. The van der Waals surface area contributed by atoms with Gasteiger partial charge in [-0.2, -0.15) is 0 Å². The lowest BCUT2D eigenvalue weighted by Crippen LogP contribution is -2.64. The van der Waals surface area contributed by atoms with Crippen molar-refractivity contribution in [3.05, 3.63) is 29.8 Å². The predicted octanol–water partition coefficient (Wildman–Crippen LogP) is 2.69. The Morgan fingerprint density at radius 1 is 0.909 bits per heavy atom. The van der Waals surface area contributed by atoms with E-state index >= 15 is 0 Å². The monoisotopic (exact) mass is 451 g/mol. The molecule has 1 aromatic carbocycles. The van der Waals surface area contributed by atoms with E-state index in [2.05, 4.69) is 9.80 Å². The maximum absolute atomic E-state index is 13.3. The summed E-state index contributed by atoms with van der Waals surface area (Å²) in [5.41, 5.74) is 1.33. The molecule has 0 radical (unpaired) electrons. The number of carbonyl (C=O) groups is 3. The second-order valence-corrected chi connectivity index (χ2v) is 11.0. The Morgan fingerprint density at radius 2 is 1.48 bits per heavy atom. The van der Waals surface area contributed by atoms with Gasteiger partial charge in [0.05, 0.1) is 30.8 Å². The first kappa shape index (κ1) is 21.3. The molecule has 4 bridgehead atoms. The van der Waals surface area contributed by atoms with Crippen LogP contribution in [0, 0.1) is 17.8 Å². The highest BCUT2D eigenvalue weighted by molar-refractivity contribution is 6.22. The van der Waals surface area contributed by atoms with Crippen LogP contribution in [-0.4, -0.2) is 72.5 Å². The minimum absolute atomic E-state index is 0.144. The van der Waals surface area contributed by atoms with Gasteiger partial charge in [-0.15, -0.1) is 0 Å². The van der Waals surface area contributed by atoms with E-state index in [-0.39, 0.29) is 24.3 Å². The normalized spacial score (nSPS) is 36.6. The Balaban J connectivity index is 1.11. The third-order valence-corrected chi connectivity index (χ3v) is 9.10. The second kappa shape index (κ2) is 7.91. The van der Waals surface area contributed by atoms with Crippen LogP contribution in [0.25, 0.3) is 0 Å². The summed E-state index contributed by atoms with van der Waals surface area (Å²) >= 11 is 0. The van der Waals surface area contributed by atoms with Crippen molar-refractivity contribution >= 4 is 23.5 Å². The summed E-state index contributed by atoms with van der Waals surface area (Å²) in [6, 6.07) is 6.11. The van der Waals surface area contributed by atoms with Crippen LogP contribution < -0.4 is 4.90 Å². The van der Waals surface area contributed by atoms with Crippen LogP contribution in [0.3, 0.4) is 0 Å². The van der Waals surface area contributed by atoms with E-state index in [9.17, 15) is 14.4 Å². The average molecular weight is 452 g/mol. The van der Waals surface area contributed by atoms with Gasteiger partial charge in [0.2, 0.25) is 5.91 Å². The third-order valence-electron chi connectivity index (χ3n) is 9.10. The fourth-order valence-corrected chi connectivity index (χ4v) is 8.00. The van der Waals surface area contributed by atoms with Crippen LogP contribution in [0.1, 0.15) is 55.3 Å². The Kier molecular flexibility index (Phi) is 5.11. The van der Waals surface area contributed by atoms with Crippen LogP contribution >= 0.6 is 0 Å². The first-order valence-corrected chi connectivity index (χ1v) is 12.5. The fourth-order valence-electron chi connectivity index (χ4n) is 8.00. The van der Waals surface area contributed by atoms with Crippen molar-refractivity contribution in [1.82, 2.24) is 9.80 Å². The summed E-state index contributed by atoms with van der Waals surface area (Å²) in [5.74, 6) is 2.05. The highest BCUT2D eigenvalue weighted by atomic mass is 16.5. The summed E-state index contributed by atoms with van der Waals surface area (Å²) in [4.78, 5) is 44.0. The number of ether oxygens (including phenoxy) is 1. The van der Waals surface area contributed by atoms with Gasteiger partial charge < -0.3 is 4.74 Å². The van der Waals surface area contributed by atoms with Crippen LogP contribution in [0.4, 0.5) is 5.69 Å². The highest BCUT2D eigenvalue weighted by Crippen LogP contribution is 2.57. The zero-order valence-electron chi connectivity index (χ0n) is 19.4. The van der Waals surface area contributed by atoms with E-state index in [1.54, 1.807) is 24.3 Å². The molecule has 1 aromatic rings. The van der Waals surface area contributed by atoms with E-state index in [1.807, 2.05) is 0 Å². The van der Waals surface area contributed by atoms with Crippen molar-refractivity contribution in [2.24, 2.45) is 17.8 Å². The number of nitrogens with zero attached hydrogens (tertiary/aromatic N) is 3. The van der Waals surface area contributed by atoms with Gasteiger partial charge in [-0.3, -0.25) is 19.4 Å². The lowest BCUT2D eigenvalue weighted by molar-refractivity contribution is -0.125. The van der Waals surface area contributed by atoms with Crippen molar-refractivity contribution < 1.29 is 19.1 Å². The van der Waals surface area contributed by atoms with Gasteiger partial charge in [0, 0.05) is 31.7 Å². The second-order valence-electron chi connectivity index (χ2n) is 11.0. The predicted molar refractivity (Wildman–Crippen MR) is 123 cm³/mol. The molecular weight excluding hydrogens is 418 g/mol. The summed E-state index contributed by atoms with van der Waals surface area (Å²) in [7, 11) is 1.33. The Morgan fingerprint density at radius 3 is 2.03 bits per heavy atom. The number of benzene rings is 1. The topological polar surface area (TPSA) is 70.2 Å². The standard InChI is InChI=1S/C26H33N3O4/c1-33-25(32)20-2-4-21(5-3-20)29-23(30)13-22(24(29)31)27-6-8-28(9-7-27)26-14-17-10-18(15-26)12-19(11-17)16-26/h2-5,17-19,22H,6-16H2,1H3. The molecule has 2 amide bonds. The maximum atomic E-state index is 13.3. The number of anilines is 1. The van der Waals surface area contributed by atoms with Crippen molar-refractivity contribution in [2.45, 2.75) is 56.5 Å². The minimum Gasteiger partial charge on any atom is -0.465 e. The van der Waals surface area contributed by atoms with Gasteiger partial charge in [-0.1, -0.05) is 0 Å². The Hall–Kier alpha value is -2.25. The molecule has 2 saturated heterocycles. The lowest BCUT2D eigenvalue weighted by Gasteiger charge is -2.61. The Labute approximate surface area is 195 Å². The van der Waals surface area contributed by atoms with Gasteiger partial charge in [0.15, 0.2) is 0 Å². The number of rotatable bonds is 4. The minimum atomic E-state index is -0.435. The maximum Gasteiger partial charge on any atom is 0.337 e. The molecular formula is C26H33N3O4. The molecule has 7 nitrogen and oxygen atoms in total. The van der Waals surface area contributed by atoms with Gasteiger partial charge in [-0.25, -0.2) is 9.69 Å². The van der Waals surface area contributed by atoms with Crippen molar-refractivity contribution in [2.75, 3.05) is 38.2 Å². The third kappa shape index (κ3) is 3.51. The number of hydrogen-bond acceptors (Lipinski definition) is 6. The van der Waals surface area contributed by atoms with Gasteiger partial charge >= 0.3 is 5.97 Å². The molecule has 33 heavy (non-hydrogen) atoms. The molecule has 2 heterocycles. The number of imide groups is 1. The molecule has 7 rings (SSSR count). The molecule has 1 unspecified atom stereocenters. The molecule has 6 fully saturated rings. The molecule has 4 aliphatic carbocycles. The van der Waals surface area contributed by atoms with Gasteiger partial charge in [0.25, 0.3) is 5.91 Å². The highest BCUT2D eigenvalue weighted by Gasteiger charge is 2.54. The molecule has 7 heteroatoms. The first-order chi connectivity index (χ1) is 16.0. The summed E-state index contributed by atoms with van der Waals surface area (Å²) in [6.45, 7) is 3.69. The fraction of sp³-hybridized carbons (Fsp3) is 0.654. The van der Waals surface area contributed by atoms with Gasteiger partial charge in [0.1, 0.15) is 0 Å². The molecule has 176 valence electrons. The van der Waals surface area contributed by atoms with E-state index < -0.39 is 5.97 Å².